The van der Waals surface area contributed by atoms with Gasteiger partial charge in [-0.05, 0) is 98.7 Å². The van der Waals surface area contributed by atoms with Crippen molar-refractivity contribution in [3.63, 3.8) is 0 Å². The number of carbonyl (C=O) groups excluding carboxylic acids is 1. The maximum atomic E-state index is 11.6. The number of hydrogen-bond donors (Lipinski definition) is 1. The largest absolute Gasteiger partial charge is 0.469 e. The predicted octanol–water partition coefficient (Wildman–Crippen LogP) is 5.13. The highest BCUT2D eigenvalue weighted by Crippen LogP contribution is 2.64. The highest BCUT2D eigenvalue weighted by Gasteiger charge is 2.56. The van der Waals surface area contributed by atoms with Gasteiger partial charge in [0.05, 0.1) is 13.2 Å². The Morgan fingerprint density at radius 3 is 2.85 bits per heavy atom. The van der Waals surface area contributed by atoms with Crippen LogP contribution in [0.5, 0.6) is 0 Å². The van der Waals surface area contributed by atoms with Gasteiger partial charge in [-0.2, -0.15) is 0 Å². The molecule has 0 aliphatic heterocycles. The number of esters is 1. The van der Waals surface area contributed by atoms with Crippen molar-refractivity contribution in [1.29, 1.82) is 0 Å². The highest BCUT2D eigenvalue weighted by molar-refractivity contribution is 5.69. The highest BCUT2D eigenvalue weighted by atomic mass is 16.5. The summed E-state index contributed by atoms with van der Waals surface area (Å²) in [5.41, 5.74) is 2.04. The molecule has 27 heavy (non-hydrogen) atoms. The SMILES string of the molecule is COC(=O)CC[C@@H](C)[C@H]1CCC2C3CC=C4C[C@@H](O)CC[C@@H]4C3CC[C@@]21C. The van der Waals surface area contributed by atoms with Crippen molar-refractivity contribution >= 4 is 5.97 Å². The first-order valence-electron chi connectivity index (χ1n) is 11.4. The molecule has 0 amide bonds. The molecule has 3 unspecified atom stereocenters. The number of carbonyl (C=O) groups is 1. The van der Waals surface area contributed by atoms with E-state index < -0.39 is 0 Å². The molecule has 152 valence electrons. The number of hydrogen-bond acceptors (Lipinski definition) is 3. The average molecular weight is 375 g/mol. The minimum Gasteiger partial charge on any atom is -0.469 e. The first-order valence-corrected chi connectivity index (χ1v) is 11.4. The van der Waals surface area contributed by atoms with E-state index in [1.54, 1.807) is 5.57 Å². The minimum absolute atomic E-state index is 0.0605. The Balaban J connectivity index is 1.47. The summed E-state index contributed by atoms with van der Waals surface area (Å²) in [5, 5.41) is 10.1. The van der Waals surface area contributed by atoms with E-state index in [-0.39, 0.29) is 12.1 Å². The van der Waals surface area contributed by atoms with E-state index in [2.05, 4.69) is 19.9 Å². The zero-order valence-corrected chi connectivity index (χ0v) is 17.5. The number of fused-ring (bicyclic) bond motifs is 5. The molecule has 3 fully saturated rings. The maximum absolute atomic E-state index is 11.6. The van der Waals surface area contributed by atoms with Gasteiger partial charge in [-0.3, -0.25) is 4.79 Å². The molecule has 0 saturated heterocycles. The van der Waals surface area contributed by atoms with E-state index in [4.69, 9.17) is 4.74 Å². The normalized spacial score (nSPS) is 44.5. The molecule has 0 aromatic rings. The molecule has 1 N–H and O–H groups in total. The Morgan fingerprint density at radius 1 is 1.26 bits per heavy atom. The molecule has 4 aliphatic rings. The lowest BCUT2D eigenvalue weighted by Gasteiger charge is -2.54. The molecule has 0 aromatic carbocycles. The van der Waals surface area contributed by atoms with Crippen LogP contribution in [0.1, 0.15) is 78.1 Å². The second-order valence-corrected chi connectivity index (χ2v) is 10.3. The summed E-state index contributed by atoms with van der Waals surface area (Å²) in [5.74, 6) is 4.63. The Kier molecular flexibility index (Phi) is 5.44. The predicted molar refractivity (Wildman–Crippen MR) is 107 cm³/mol. The first kappa shape index (κ1) is 19.5. The molecule has 3 heteroatoms. The smallest absolute Gasteiger partial charge is 0.305 e. The molecule has 4 aliphatic carbocycles. The van der Waals surface area contributed by atoms with Crippen LogP contribution in [0.15, 0.2) is 11.6 Å². The van der Waals surface area contributed by atoms with Crippen LogP contribution in [0.2, 0.25) is 0 Å². The van der Waals surface area contributed by atoms with Crippen molar-refractivity contribution < 1.29 is 14.6 Å². The van der Waals surface area contributed by atoms with Crippen LogP contribution in [0.4, 0.5) is 0 Å². The fourth-order valence-corrected chi connectivity index (χ4v) is 7.87. The number of ether oxygens (including phenoxy) is 1. The van der Waals surface area contributed by atoms with Gasteiger partial charge in [0.15, 0.2) is 0 Å². The molecule has 0 radical (unpaired) electrons. The van der Waals surface area contributed by atoms with Crippen molar-refractivity contribution in [2.45, 2.75) is 84.2 Å². The van der Waals surface area contributed by atoms with Crippen molar-refractivity contribution in [2.24, 2.45) is 40.9 Å². The molecule has 0 aromatic heterocycles. The van der Waals surface area contributed by atoms with Gasteiger partial charge in [0.1, 0.15) is 0 Å². The molecular formula is C24H38O3. The topological polar surface area (TPSA) is 46.5 Å². The van der Waals surface area contributed by atoms with Gasteiger partial charge in [-0.1, -0.05) is 25.5 Å². The Labute approximate surface area is 164 Å². The van der Waals surface area contributed by atoms with Crippen molar-refractivity contribution in [3.05, 3.63) is 11.6 Å². The number of aliphatic hydroxyl groups excluding tert-OH is 1. The van der Waals surface area contributed by atoms with Crippen LogP contribution in [0.25, 0.3) is 0 Å². The van der Waals surface area contributed by atoms with Crippen LogP contribution in [-0.4, -0.2) is 24.3 Å². The van der Waals surface area contributed by atoms with E-state index in [0.717, 1.165) is 48.9 Å². The molecule has 0 bridgehead atoms. The van der Waals surface area contributed by atoms with Gasteiger partial charge in [0, 0.05) is 6.42 Å². The van der Waals surface area contributed by atoms with Gasteiger partial charge in [0.2, 0.25) is 0 Å². The fourth-order valence-electron chi connectivity index (χ4n) is 7.87. The van der Waals surface area contributed by atoms with Crippen molar-refractivity contribution in [3.8, 4) is 0 Å². The Bertz CT molecular complexity index is 596. The Hall–Kier alpha value is -0.830. The third kappa shape index (κ3) is 3.39. The molecule has 0 spiro atoms. The van der Waals surface area contributed by atoms with Crippen LogP contribution < -0.4 is 0 Å². The van der Waals surface area contributed by atoms with E-state index in [1.165, 1.54) is 45.6 Å². The monoisotopic (exact) mass is 374 g/mol. The third-order valence-corrected chi connectivity index (χ3v) is 9.21. The molecule has 4 rings (SSSR count). The van der Waals surface area contributed by atoms with E-state index in [9.17, 15) is 9.90 Å². The van der Waals surface area contributed by atoms with Crippen LogP contribution in [0.3, 0.4) is 0 Å². The molecule has 3 saturated carbocycles. The maximum Gasteiger partial charge on any atom is 0.305 e. The van der Waals surface area contributed by atoms with Gasteiger partial charge in [0.25, 0.3) is 0 Å². The molecular weight excluding hydrogens is 336 g/mol. The van der Waals surface area contributed by atoms with E-state index in [1.807, 2.05) is 0 Å². The van der Waals surface area contributed by atoms with Crippen LogP contribution >= 0.6 is 0 Å². The zero-order chi connectivity index (χ0) is 19.2. The summed E-state index contributed by atoms with van der Waals surface area (Å²) in [6.45, 7) is 4.94. The fraction of sp³-hybridized carbons (Fsp3) is 0.875. The summed E-state index contributed by atoms with van der Waals surface area (Å²) in [6, 6.07) is 0. The lowest BCUT2D eigenvalue weighted by atomic mass is 9.51. The van der Waals surface area contributed by atoms with Gasteiger partial charge in [-0.25, -0.2) is 0 Å². The summed E-state index contributed by atoms with van der Waals surface area (Å²) < 4.78 is 4.86. The second-order valence-electron chi connectivity index (χ2n) is 10.3. The average Bonchev–Trinajstić information content (AvgIpc) is 3.02. The molecule has 0 heterocycles. The number of rotatable bonds is 4. The summed E-state index contributed by atoms with van der Waals surface area (Å²) in [4.78, 5) is 11.6. The van der Waals surface area contributed by atoms with E-state index in [0.29, 0.717) is 17.8 Å². The zero-order valence-electron chi connectivity index (χ0n) is 17.5. The Morgan fingerprint density at radius 2 is 2.07 bits per heavy atom. The summed E-state index contributed by atoms with van der Waals surface area (Å²) in [7, 11) is 1.50. The third-order valence-electron chi connectivity index (χ3n) is 9.21. The first-order chi connectivity index (χ1) is 12.9. The quantitative estimate of drug-likeness (QED) is 0.548. The van der Waals surface area contributed by atoms with Gasteiger partial charge in [-0.15, -0.1) is 0 Å². The number of aliphatic hydroxyl groups is 1. The lowest BCUT2D eigenvalue weighted by Crippen LogP contribution is -2.47. The van der Waals surface area contributed by atoms with Gasteiger partial charge < -0.3 is 9.84 Å². The summed E-state index contributed by atoms with van der Waals surface area (Å²) in [6.07, 6.45) is 13.8. The number of methoxy groups -OCH3 is 1. The van der Waals surface area contributed by atoms with Crippen molar-refractivity contribution in [2.75, 3.05) is 7.11 Å². The van der Waals surface area contributed by atoms with Crippen LogP contribution in [0, 0.1) is 40.9 Å². The summed E-state index contributed by atoms with van der Waals surface area (Å²) >= 11 is 0. The molecule has 8 atom stereocenters. The standard InChI is InChI=1S/C24H38O3/c1-15(4-11-23(26)27-3)21-9-10-22-20-7-5-16-14-17(25)6-8-18(16)19(20)12-13-24(21,22)2/h5,15,17-22,25H,4,6-14H2,1-3H3/t15-,17+,18+,19?,20?,21-,22?,24-/m1/s1. The van der Waals surface area contributed by atoms with Gasteiger partial charge >= 0.3 is 5.97 Å². The van der Waals surface area contributed by atoms with Crippen LogP contribution in [-0.2, 0) is 9.53 Å². The minimum atomic E-state index is -0.0931. The lowest BCUT2D eigenvalue weighted by molar-refractivity contribution is -0.141. The number of allylic oxidation sites excluding steroid dienone is 1. The second kappa shape index (κ2) is 7.54. The van der Waals surface area contributed by atoms with Crippen molar-refractivity contribution in [1.82, 2.24) is 0 Å². The molecule has 3 nitrogen and oxygen atoms in total. The van der Waals surface area contributed by atoms with E-state index >= 15 is 0 Å².